The van der Waals surface area contributed by atoms with E-state index in [-0.39, 0.29) is 176 Å². The van der Waals surface area contributed by atoms with Gasteiger partial charge in [-0.3, -0.25) is 43.2 Å². The van der Waals surface area contributed by atoms with Crippen molar-refractivity contribution in [2.75, 3.05) is 0 Å². The molecular formula is C97H190O18. The van der Waals surface area contributed by atoms with E-state index in [0.717, 1.165) is 92.8 Å². The van der Waals surface area contributed by atoms with Crippen LogP contribution in [0.4, 0.5) is 0 Å². The van der Waals surface area contributed by atoms with Gasteiger partial charge < -0.3 is 42.6 Å². The van der Waals surface area contributed by atoms with Gasteiger partial charge in [0.2, 0.25) is 0 Å². The molecule has 686 valence electrons. The lowest BCUT2D eigenvalue weighted by atomic mass is 9.68. The molecule has 16 unspecified atom stereocenters. The average molecular weight is 1640 g/mol. The van der Waals surface area contributed by atoms with E-state index in [9.17, 15) is 43.2 Å². The number of carbonyl (C=O) groups is 9. The first-order chi connectivity index (χ1) is 47.5. The Kier molecular flexibility index (Phi) is 50.9. The minimum absolute atomic E-state index is 0. The zero-order valence-corrected chi connectivity index (χ0v) is 69.0. The number of cyclic esters (lactones) is 3. The van der Waals surface area contributed by atoms with Gasteiger partial charge in [0.05, 0.1) is 51.8 Å². The van der Waals surface area contributed by atoms with Crippen molar-refractivity contribution >= 4 is 53.7 Å². The first-order valence-corrected chi connectivity index (χ1v) is 40.6. The van der Waals surface area contributed by atoms with E-state index in [1.807, 2.05) is 104 Å². The highest BCUT2D eigenvalue weighted by Gasteiger charge is 2.65. The molecule has 18 nitrogen and oxygen atoms in total. The van der Waals surface area contributed by atoms with Gasteiger partial charge in [0.15, 0.2) is 0 Å². The van der Waals surface area contributed by atoms with Crippen molar-refractivity contribution in [3.63, 3.8) is 0 Å². The molecule has 0 radical (unpaired) electrons. The van der Waals surface area contributed by atoms with E-state index in [1.54, 1.807) is 20.8 Å². The van der Waals surface area contributed by atoms with Crippen molar-refractivity contribution in [3.8, 4) is 0 Å². The molecule has 3 heterocycles. The van der Waals surface area contributed by atoms with Gasteiger partial charge in [0, 0.05) is 51.9 Å². The first-order valence-electron chi connectivity index (χ1n) is 40.6. The highest BCUT2D eigenvalue weighted by Crippen LogP contribution is 2.67. The van der Waals surface area contributed by atoms with Gasteiger partial charge in [-0.15, -0.1) is 0 Å². The lowest BCUT2D eigenvalue weighted by Crippen LogP contribution is -2.50. The van der Waals surface area contributed by atoms with Crippen LogP contribution in [0.15, 0.2) is 0 Å². The molecule has 0 spiro atoms. The summed E-state index contributed by atoms with van der Waals surface area (Å²) in [6, 6.07) is 0. The molecule has 0 aromatic heterocycles. The Morgan fingerprint density at radius 2 is 0.635 bits per heavy atom. The maximum atomic E-state index is 12.7. The van der Waals surface area contributed by atoms with Gasteiger partial charge in [0.1, 0.15) is 16.8 Å². The van der Waals surface area contributed by atoms with Gasteiger partial charge in [-0.2, -0.15) is 0 Å². The summed E-state index contributed by atoms with van der Waals surface area (Å²) in [4.78, 5) is 106. The fraction of sp³-hybridized carbons (Fsp3) is 0.907. The molecule has 8 saturated carbocycles. The maximum Gasteiger partial charge on any atom is 0.314 e. The van der Waals surface area contributed by atoms with E-state index in [1.165, 1.54) is 70.6 Å². The van der Waals surface area contributed by atoms with Crippen LogP contribution in [0.1, 0.15) is 442 Å². The van der Waals surface area contributed by atoms with Crippen molar-refractivity contribution in [2.45, 2.75) is 476 Å². The molecule has 0 aromatic rings. The largest absolute Gasteiger partial charge is 0.458 e. The van der Waals surface area contributed by atoms with Crippen LogP contribution >= 0.6 is 0 Å². The Labute approximate surface area is 709 Å². The smallest absolute Gasteiger partial charge is 0.314 e. The topological polar surface area (TPSA) is 237 Å². The summed E-state index contributed by atoms with van der Waals surface area (Å²) in [5.41, 5.74) is -3.01. The van der Waals surface area contributed by atoms with Crippen molar-refractivity contribution in [2.24, 2.45) is 97.6 Å². The second kappa shape index (κ2) is 47.4. The molecule has 8 aliphatic carbocycles. The second-order valence-corrected chi connectivity index (χ2v) is 37.7. The zero-order chi connectivity index (χ0) is 77.7. The normalized spacial score (nSPS) is 30.7. The van der Waals surface area contributed by atoms with Crippen LogP contribution in [-0.4, -0.2) is 87.9 Å². The van der Waals surface area contributed by atoms with Crippen LogP contribution < -0.4 is 0 Å². The summed E-state index contributed by atoms with van der Waals surface area (Å²) < 4.78 is 49.2. The molecule has 6 bridgehead atoms. The van der Waals surface area contributed by atoms with Gasteiger partial charge in [0.25, 0.3) is 17.4 Å². The van der Waals surface area contributed by atoms with Crippen LogP contribution in [0.5, 0.6) is 0 Å². The summed E-state index contributed by atoms with van der Waals surface area (Å²) >= 11 is 0. The molecule has 0 amide bonds. The molecule has 0 N–H and O–H groups in total. The summed E-state index contributed by atoms with van der Waals surface area (Å²) in [5.74, 6) is 3.46. The predicted octanol–water partition coefficient (Wildman–Crippen LogP) is 27.0. The van der Waals surface area contributed by atoms with E-state index in [4.69, 9.17) is 42.6 Å². The third-order valence-electron chi connectivity index (χ3n) is 28.0. The van der Waals surface area contributed by atoms with E-state index < -0.39 is 33.6 Å². The molecule has 11 aliphatic rings. The standard InChI is InChI=1S/C19H32O2.C18H30O2.C15H26O2.3C11H18O4.12CH4/c1-6-18(4,5)17(20)21-19(12(2)3)11-13-10-16(19)15-9-7-8-14(13)15;1-5-17(3,4)16(19)20-18(6-2)11-12-10-15(18)14-9-7-8-13(12)14;1-5-14(3,4)13(16)17-15(6-2)10-11-7-8-12(15)9-11;3*1-5-10(2,3)9(13)15-11(4)7-6-8(12)14-11;;;;;;;;;;;;/h12-16H,6-11H2,1-5H3;12-15H,5-11H2,1-4H3;11-12H,5-10H2,1-4H3;3*5-7H2,1-4H3;12*1H4. The molecule has 11 rings (SSSR count). The zero-order valence-electron chi connectivity index (χ0n) is 69.0. The van der Waals surface area contributed by atoms with Gasteiger partial charge in [-0.05, 0) is 265 Å². The molecule has 3 aliphatic heterocycles. The molecule has 0 aromatic carbocycles. The van der Waals surface area contributed by atoms with Gasteiger partial charge in [-0.25, -0.2) is 0 Å². The minimum atomic E-state index is -1.05. The Morgan fingerprint density at radius 3 is 0.904 bits per heavy atom. The number of esters is 9. The van der Waals surface area contributed by atoms with E-state index in [0.29, 0.717) is 81.5 Å². The van der Waals surface area contributed by atoms with Crippen molar-refractivity contribution in [1.82, 2.24) is 0 Å². The maximum absolute atomic E-state index is 12.7. The summed E-state index contributed by atoms with van der Waals surface area (Å²) in [5, 5.41) is 0. The van der Waals surface area contributed by atoms with E-state index >= 15 is 0 Å². The SMILES string of the molecule is C.C.C.C.C.C.C.C.C.C.C.C.CCC(C)(C)C(=O)OC1(C(C)C)CC2CC1C1CCCC21.CCC(C)(C)C(=O)OC1(C)CCC(=O)O1.CCC(C)(C)C(=O)OC1(C)CCC(=O)O1.CCC(C)(C)C(=O)OC1(C)CCC(=O)O1.CCC(C)(C)C(=O)OC1(CC)CC2CC1C1CCCC21.CCC(C)(C)C(=O)OC1(CC)CC2CCC1C2. The van der Waals surface area contributed by atoms with Crippen LogP contribution in [-0.2, 0) is 85.8 Å². The number of carbonyl (C=O) groups excluding carboxylic acids is 9. The molecule has 3 saturated heterocycles. The lowest BCUT2D eigenvalue weighted by molar-refractivity contribution is -0.216. The van der Waals surface area contributed by atoms with Crippen molar-refractivity contribution in [1.29, 1.82) is 0 Å². The fourth-order valence-electron chi connectivity index (χ4n) is 17.9. The number of hydrogen-bond acceptors (Lipinski definition) is 18. The van der Waals surface area contributed by atoms with Crippen molar-refractivity contribution in [3.05, 3.63) is 0 Å². The van der Waals surface area contributed by atoms with Crippen LogP contribution in [0, 0.1) is 97.6 Å². The monoisotopic (exact) mass is 1640 g/mol. The Hall–Kier alpha value is -4.77. The van der Waals surface area contributed by atoms with Crippen molar-refractivity contribution < 1.29 is 85.8 Å². The predicted molar refractivity (Wildman–Crippen MR) is 476 cm³/mol. The molecule has 115 heavy (non-hydrogen) atoms. The van der Waals surface area contributed by atoms with Crippen LogP contribution in [0.3, 0.4) is 0 Å². The molecule has 11 fully saturated rings. The molecular weight excluding hydrogens is 1450 g/mol. The Morgan fingerprint density at radius 1 is 0.357 bits per heavy atom. The highest BCUT2D eigenvalue weighted by atomic mass is 16.8. The number of ether oxygens (including phenoxy) is 9. The fourth-order valence-corrected chi connectivity index (χ4v) is 17.9. The average Bonchev–Trinajstić information content (AvgIpc) is 1.57. The van der Waals surface area contributed by atoms with Gasteiger partial charge in [-0.1, -0.05) is 171 Å². The second-order valence-electron chi connectivity index (χ2n) is 37.7. The lowest BCUT2D eigenvalue weighted by Gasteiger charge is -2.46. The Bertz CT molecular complexity index is 2860. The minimum Gasteiger partial charge on any atom is -0.458 e. The summed E-state index contributed by atoms with van der Waals surface area (Å²) in [6.07, 6.45) is 27.2. The van der Waals surface area contributed by atoms with Crippen LogP contribution in [0.25, 0.3) is 0 Å². The summed E-state index contributed by atoms with van der Waals surface area (Å²) in [7, 11) is 0. The Balaban J connectivity index is -0.000000240. The molecule has 18 heteroatoms. The number of fused-ring (bicyclic) bond motifs is 12. The van der Waals surface area contributed by atoms with Gasteiger partial charge >= 0.3 is 53.7 Å². The number of hydrogen-bond donors (Lipinski definition) is 0. The van der Waals surface area contributed by atoms with E-state index in [2.05, 4.69) is 48.5 Å². The third-order valence-corrected chi connectivity index (χ3v) is 28.0. The molecule has 16 atom stereocenters. The van der Waals surface area contributed by atoms with Crippen LogP contribution in [0.2, 0.25) is 0 Å². The first kappa shape index (κ1) is 123. The third kappa shape index (κ3) is 28.4. The highest BCUT2D eigenvalue weighted by molar-refractivity contribution is 5.80. The quantitative estimate of drug-likeness (QED) is 0.0767. The number of rotatable bonds is 21. The summed E-state index contributed by atoms with van der Waals surface area (Å²) in [6.45, 7) is 48.7.